The van der Waals surface area contributed by atoms with Crippen molar-refractivity contribution in [1.82, 2.24) is 10.3 Å². The number of amides is 1. The van der Waals surface area contributed by atoms with E-state index < -0.39 is 24.7 Å². The summed E-state index contributed by atoms with van der Waals surface area (Å²) in [6.07, 6.45) is -1.37. The Balaban J connectivity index is 1.84. The quantitative estimate of drug-likeness (QED) is 0.882. The molecular weight excluding hydrogens is 321 g/mol. The molecule has 5 nitrogen and oxygen atoms in total. The molecule has 0 unspecified atom stereocenters. The fraction of sp³-hybridized carbons (Fsp3) is 0.385. The van der Waals surface area contributed by atoms with Gasteiger partial charge in [-0.25, -0.2) is 4.98 Å². The molecule has 2 rings (SSSR count). The van der Waals surface area contributed by atoms with Gasteiger partial charge in [0.2, 0.25) is 0 Å². The number of halogens is 3. The molecule has 1 N–H and O–H groups in total. The third kappa shape index (κ3) is 4.85. The Morgan fingerprint density at radius 3 is 2.95 bits per heavy atom. The van der Waals surface area contributed by atoms with Gasteiger partial charge >= 0.3 is 6.18 Å². The van der Waals surface area contributed by atoms with Crippen LogP contribution in [0.15, 0.2) is 28.4 Å². The monoisotopic (exact) mass is 334 g/mol. The minimum absolute atomic E-state index is 0.198. The topological polar surface area (TPSA) is 64.4 Å². The maximum absolute atomic E-state index is 11.9. The minimum Gasteiger partial charge on any atom is -0.472 e. The Kier molecular flexibility index (Phi) is 5.19. The van der Waals surface area contributed by atoms with E-state index in [9.17, 15) is 18.0 Å². The lowest BCUT2D eigenvalue weighted by molar-refractivity contribution is -0.174. The highest BCUT2D eigenvalue weighted by atomic mass is 32.1. The average Bonchev–Trinajstić information content (AvgIpc) is 3.08. The van der Waals surface area contributed by atoms with Crippen LogP contribution in [0.2, 0.25) is 0 Å². The van der Waals surface area contributed by atoms with Crippen molar-refractivity contribution in [3.63, 3.8) is 0 Å². The molecular formula is C13H13F3N2O3S. The summed E-state index contributed by atoms with van der Waals surface area (Å²) in [6, 6.07) is 1.16. The number of hydrogen-bond donors (Lipinski definition) is 1. The van der Waals surface area contributed by atoms with E-state index in [2.05, 4.69) is 15.0 Å². The minimum atomic E-state index is -4.38. The lowest BCUT2D eigenvalue weighted by Gasteiger charge is -2.14. The first kappa shape index (κ1) is 16.5. The van der Waals surface area contributed by atoms with Crippen molar-refractivity contribution in [1.29, 1.82) is 0 Å². The summed E-state index contributed by atoms with van der Waals surface area (Å²) >= 11 is 1.27. The predicted octanol–water partition coefficient (Wildman–Crippen LogP) is 3.10. The van der Waals surface area contributed by atoms with Crippen molar-refractivity contribution in [2.24, 2.45) is 0 Å². The standard InChI is InChI=1S/C13H13F3N2O3S/c1-8(4-21-7-13(14,15)16)17-11(19)10-6-22-12(18-10)9-2-3-20-5-9/h2-3,5-6,8H,4,7H2,1H3,(H,17,19)/t8-/m1/s1. The second-order valence-electron chi connectivity index (χ2n) is 4.55. The van der Waals surface area contributed by atoms with Crippen LogP contribution in [0, 0.1) is 0 Å². The average molecular weight is 334 g/mol. The number of ether oxygens (including phenoxy) is 1. The number of aromatic nitrogens is 1. The molecule has 1 amide bonds. The van der Waals surface area contributed by atoms with Gasteiger partial charge in [-0.05, 0) is 13.0 Å². The van der Waals surface area contributed by atoms with Crippen molar-refractivity contribution in [3.8, 4) is 10.6 Å². The van der Waals surface area contributed by atoms with E-state index in [1.807, 2.05) is 0 Å². The zero-order valence-corrected chi connectivity index (χ0v) is 12.3. The molecule has 0 aromatic carbocycles. The van der Waals surface area contributed by atoms with Gasteiger partial charge in [-0.1, -0.05) is 0 Å². The lowest BCUT2D eigenvalue weighted by atomic mass is 10.3. The van der Waals surface area contributed by atoms with Gasteiger partial charge in [0.15, 0.2) is 0 Å². The Bertz CT molecular complexity index is 610. The number of nitrogens with one attached hydrogen (secondary N) is 1. The number of carbonyl (C=O) groups is 1. The van der Waals surface area contributed by atoms with E-state index in [1.54, 1.807) is 18.4 Å². The molecule has 0 fully saturated rings. The molecule has 0 radical (unpaired) electrons. The first-order chi connectivity index (χ1) is 10.3. The molecule has 2 aromatic rings. The summed E-state index contributed by atoms with van der Waals surface area (Å²) < 4.78 is 45.3. The Hall–Kier alpha value is -1.87. The summed E-state index contributed by atoms with van der Waals surface area (Å²) in [5.41, 5.74) is 0.953. The number of furan rings is 1. The van der Waals surface area contributed by atoms with E-state index in [4.69, 9.17) is 4.42 Å². The summed E-state index contributed by atoms with van der Waals surface area (Å²) in [4.78, 5) is 16.1. The van der Waals surface area contributed by atoms with E-state index in [1.165, 1.54) is 23.9 Å². The van der Waals surface area contributed by atoms with Crippen molar-refractivity contribution < 1.29 is 27.1 Å². The Morgan fingerprint density at radius 2 is 2.32 bits per heavy atom. The number of rotatable bonds is 6. The van der Waals surface area contributed by atoms with Crippen LogP contribution in [0.5, 0.6) is 0 Å². The highest BCUT2D eigenvalue weighted by molar-refractivity contribution is 7.13. The first-order valence-corrected chi connectivity index (χ1v) is 7.16. The lowest BCUT2D eigenvalue weighted by Crippen LogP contribution is -2.37. The fourth-order valence-electron chi connectivity index (χ4n) is 1.59. The second kappa shape index (κ2) is 6.93. The van der Waals surface area contributed by atoms with Crippen LogP contribution in [0.4, 0.5) is 13.2 Å². The maximum Gasteiger partial charge on any atom is 0.411 e. The SMILES string of the molecule is C[C@H](COCC(F)(F)F)NC(=O)c1csc(-c2ccoc2)n1. The van der Waals surface area contributed by atoms with Gasteiger partial charge in [-0.3, -0.25) is 4.79 Å². The molecule has 0 aliphatic carbocycles. The molecule has 2 heterocycles. The molecule has 0 aliphatic rings. The van der Waals surface area contributed by atoms with Crippen LogP contribution in [0.3, 0.4) is 0 Å². The number of carbonyl (C=O) groups excluding carboxylic acids is 1. The van der Waals surface area contributed by atoms with Crippen LogP contribution in [-0.4, -0.2) is 36.3 Å². The van der Waals surface area contributed by atoms with Crippen LogP contribution in [0.1, 0.15) is 17.4 Å². The Morgan fingerprint density at radius 1 is 1.55 bits per heavy atom. The first-order valence-electron chi connectivity index (χ1n) is 6.28. The summed E-state index contributed by atoms with van der Waals surface area (Å²) in [5.74, 6) is -0.464. The smallest absolute Gasteiger partial charge is 0.411 e. The van der Waals surface area contributed by atoms with Crippen LogP contribution in [-0.2, 0) is 4.74 Å². The predicted molar refractivity (Wildman–Crippen MR) is 73.6 cm³/mol. The normalized spacial score (nSPS) is 13.1. The molecule has 0 saturated heterocycles. The van der Waals surface area contributed by atoms with Crippen molar-refractivity contribution >= 4 is 17.2 Å². The molecule has 0 saturated carbocycles. The molecule has 2 aromatic heterocycles. The maximum atomic E-state index is 11.9. The zero-order chi connectivity index (χ0) is 16.2. The third-order valence-electron chi connectivity index (χ3n) is 2.52. The number of hydrogen-bond acceptors (Lipinski definition) is 5. The van der Waals surface area contributed by atoms with Gasteiger partial charge in [-0.2, -0.15) is 13.2 Å². The van der Waals surface area contributed by atoms with Crippen molar-refractivity contribution in [2.45, 2.75) is 19.1 Å². The van der Waals surface area contributed by atoms with E-state index in [0.29, 0.717) is 5.01 Å². The van der Waals surface area contributed by atoms with Crippen molar-refractivity contribution in [3.05, 3.63) is 29.7 Å². The van der Waals surface area contributed by atoms with Gasteiger partial charge in [0.25, 0.3) is 5.91 Å². The van der Waals surface area contributed by atoms with Crippen LogP contribution < -0.4 is 5.32 Å². The van der Waals surface area contributed by atoms with E-state index in [-0.39, 0.29) is 12.3 Å². The number of alkyl halides is 3. The highest BCUT2D eigenvalue weighted by Gasteiger charge is 2.27. The third-order valence-corrected chi connectivity index (χ3v) is 3.41. The molecule has 0 aliphatic heterocycles. The molecule has 0 bridgehead atoms. The highest BCUT2D eigenvalue weighted by Crippen LogP contribution is 2.23. The Labute approximate surface area is 128 Å². The second-order valence-corrected chi connectivity index (χ2v) is 5.41. The zero-order valence-electron chi connectivity index (χ0n) is 11.5. The van der Waals surface area contributed by atoms with Crippen LogP contribution >= 0.6 is 11.3 Å². The molecule has 0 spiro atoms. The summed E-state index contributed by atoms with van der Waals surface area (Å²) in [7, 11) is 0. The van der Waals surface area contributed by atoms with Gasteiger partial charge in [-0.15, -0.1) is 11.3 Å². The van der Waals surface area contributed by atoms with E-state index >= 15 is 0 Å². The molecule has 120 valence electrons. The van der Waals surface area contributed by atoms with Crippen molar-refractivity contribution in [2.75, 3.05) is 13.2 Å². The molecule has 9 heteroatoms. The largest absolute Gasteiger partial charge is 0.472 e. The van der Waals surface area contributed by atoms with Crippen LogP contribution in [0.25, 0.3) is 10.6 Å². The van der Waals surface area contributed by atoms with E-state index in [0.717, 1.165) is 5.56 Å². The van der Waals surface area contributed by atoms with Gasteiger partial charge in [0.05, 0.1) is 12.9 Å². The van der Waals surface area contributed by atoms with Gasteiger partial charge < -0.3 is 14.5 Å². The van der Waals surface area contributed by atoms with Gasteiger partial charge in [0, 0.05) is 17.0 Å². The molecule has 1 atom stereocenters. The number of nitrogens with zero attached hydrogens (tertiary/aromatic N) is 1. The summed E-state index contributed by atoms with van der Waals surface area (Å²) in [5, 5.41) is 4.73. The fourth-order valence-corrected chi connectivity index (χ4v) is 2.37. The number of thiazole rings is 1. The van der Waals surface area contributed by atoms with Gasteiger partial charge in [0.1, 0.15) is 23.6 Å². The molecule has 22 heavy (non-hydrogen) atoms. The summed E-state index contributed by atoms with van der Waals surface area (Å²) in [6.45, 7) is -0.0177.